The minimum atomic E-state index is -0.411. The molecule has 26 heavy (non-hydrogen) atoms. The molecule has 0 aliphatic heterocycles. The lowest BCUT2D eigenvalue weighted by Crippen LogP contribution is -2.32. The lowest BCUT2D eigenvalue weighted by molar-refractivity contribution is -0.115. The quantitative estimate of drug-likeness (QED) is 0.781. The van der Waals surface area contributed by atoms with Gasteiger partial charge < -0.3 is 15.4 Å². The molecule has 2 N–H and O–H groups in total. The van der Waals surface area contributed by atoms with Crippen molar-refractivity contribution in [2.45, 2.75) is 20.8 Å². The van der Waals surface area contributed by atoms with Crippen LogP contribution in [0.1, 0.15) is 38.8 Å². The summed E-state index contributed by atoms with van der Waals surface area (Å²) < 4.78 is 4.90. The summed E-state index contributed by atoms with van der Waals surface area (Å²) in [5.74, 6) is -1.07. The Bertz CT molecular complexity index is 813. The first kappa shape index (κ1) is 19.2. The van der Waals surface area contributed by atoms with Gasteiger partial charge >= 0.3 is 5.97 Å². The van der Waals surface area contributed by atoms with E-state index in [0.29, 0.717) is 23.4 Å². The van der Waals surface area contributed by atoms with Gasteiger partial charge in [-0.2, -0.15) is 0 Å². The number of nitrogens with one attached hydrogen (secondary N) is 2. The Morgan fingerprint density at radius 3 is 2.19 bits per heavy atom. The molecule has 0 atom stereocenters. The fourth-order valence-corrected chi connectivity index (χ4v) is 2.25. The summed E-state index contributed by atoms with van der Waals surface area (Å²) in [6, 6.07) is 11.7. The summed E-state index contributed by atoms with van der Waals surface area (Å²) >= 11 is 0. The number of anilines is 1. The fraction of sp³-hybridized carbons (Fsp3) is 0.250. The molecule has 0 fully saturated rings. The Hall–Kier alpha value is -3.15. The molecule has 2 amide bonds. The topological polar surface area (TPSA) is 84.5 Å². The van der Waals surface area contributed by atoms with Crippen LogP contribution >= 0.6 is 0 Å². The van der Waals surface area contributed by atoms with Crippen LogP contribution in [0.3, 0.4) is 0 Å². The van der Waals surface area contributed by atoms with Crippen LogP contribution in [-0.2, 0) is 9.53 Å². The first-order chi connectivity index (χ1) is 12.4. The molecule has 0 unspecified atom stereocenters. The zero-order valence-electron chi connectivity index (χ0n) is 15.1. The van der Waals surface area contributed by atoms with Gasteiger partial charge in [0.05, 0.1) is 18.7 Å². The van der Waals surface area contributed by atoms with Gasteiger partial charge in [0, 0.05) is 11.3 Å². The zero-order valence-corrected chi connectivity index (χ0v) is 15.1. The first-order valence-electron chi connectivity index (χ1n) is 8.33. The van der Waals surface area contributed by atoms with E-state index in [-0.39, 0.29) is 18.4 Å². The molecule has 6 nitrogen and oxygen atoms in total. The highest BCUT2D eigenvalue weighted by atomic mass is 16.5. The number of rotatable bonds is 6. The van der Waals surface area contributed by atoms with Crippen molar-refractivity contribution in [1.82, 2.24) is 5.32 Å². The van der Waals surface area contributed by atoms with Gasteiger partial charge in [-0.1, -0.05) is 6.07 Å². The number of aryl methyl sites for hydroxylation is 2. The Morgan fingerprint density at radius 2 is 1.58 bits per heavy atom. The van der Waals surface area contributed by atoms with Crippen molar-refractivity contribution in [1.29, 1.82) is 0 Å². The van der Waals surface area contributed by atoms with Crippen molar-refractivity contribution < 1.29 is 19.1 Å². The highest BCUT2D eigenvalue weighted by molar-refractivity contribution is 5.99. The van der Waals surface area contributed by atoms with Crippen LogP contribution in [0.4, 0.5) is 5.69 Å². The molecule has 2 aromatic carbocycles. The Morgan fingerprint density at radius 1 is 0.923 bits per heavy atom. The van der Waals surface area contributed by atoms with E-state index in [2.05, 4.69) is 10.6 Å². The minimum absolute atomic E-state index is 0.147. The van der Waals surface area contributed by atoms with E-state index in [1.54, 1.807) is 43.3 Å². The standard InChI is InChI=1S/C20H22N2O4/c1-4-26-20(25)15-7-9-17(10-8-15)22-18(23)12-21-19(24)16-6-5-13(2)14(3)11-16/h5-11H,4,12H2,1-3H3,(H,21,24)(H,22,23). The van der Waals surface area contributed by atoms with Gasteiger partial charge in [-0.3, -0.25) is 9.59 Å². The molecule has 2 rings (SSSR count). The molecule has 0 saturated carbocycles. The molecule has 0 spiro atoms. The Labute approximate surface area is 152 Å². The highest BCUT2D eigenvalue weighted by Crippen LogP contribution is 2.11. The molecular formula is C20H22N2O4. The third-order valence-electron chi connectivity index (χ3n) is 3.86. The number of carbonyl (C=O) groups is 3. The number of hydrogen-bond acceptors (Lipinski definition) is 4. The summed E-state index contributed by atoms with van der Waals surface area (Å²) in [4.78, 5) is 35.7. The van der Waals surface area contributed by atoms with Crippen LogP contribution in [0.25, 0.3) is 0 Å². The van der Waals surface area contributed by atoms with Crippen molar-refractivity contribution in [2.24, 2.45) is 0 Å². The minimum Gasteiger partial charge on any atom is -0.462 e. The molecular weight excluding hydrogens is 332 g/mol. The lowest BCUT2D eigenvalue weighted by atomic mass is 10.1. The maximum Gasteiger partial charge on any atom is 0.338 e. The molecule has 0 saturated heterocycles. The maximum absolute atomic E-state index is 12.1. The first-order valence-corrected chi connectivity index (χ1v) is 8.33. The van der Waals surface area contributed by atoms with E-state index >= 15 is 0 Å². The van der Waals surface area contributed by atoms with Crippen molar-refractivity contribution >= 4 is 23.5 Å². The van der Waals surface area contributed by atoms with Crippen LogP contribution < -0.4 is 10.6 Å². The predicted molar refractivity (Wildman–Crippen MR) is 99.3 cm³/mol. The lowest BCUT2D eigenvalue weighted by Gasteiger charge is -2.09. The van der Waals surface area contributed by atoms with E-state index in [4.69, 9.17) is 4.74 Å². The average molecular weight is 354 g/mol. The van der Waals surface area contributed by atoms with E-state index in [9.17, 15) is 14.4 Å². The van der Waals surface area contributed by atoms with Crippen LogP contribution in [0.5, 0.6) is 0 Å². The summed E-state index contributed by atoms with van der Waals surface area (Å²) in [6.07, 6.45) is 0. The molecule has 0 heterocycles. The molecule has 0 bridgehead atoms. The molecule has 136 valence electrons. The second-order valence-electron chi connectivity index (χ2n) is 5.83. The second kappa shape index (κ2) is 8.80. The number of carbonyl (C=O) groups excluding carboxylic acids is 3. The van der Waals surface area contributed by atoms with Gasteiger partial charge in [-0.05, 0) is 68.3 Å². The van der Waals surface area contributed by atoms with Gasteiger partial charge in [-0.25, -0.2) is 4.79 Å². The van der Waals surface area contributed by atoms with Crippen molar-refractivity contribution in [3.63, 3.8) is 0 Å². The molecule has 0 radical (unpaired) electrons. The third kappa shape index (κ3) is 5.17. The summed E-state index contributed by atoms with van der Waals surface area (Å²) in [5.41, 5.74) is 3.57. The molecule has 0 aliphatic carbocycles. The summed E-state index contributed by atoms with van der Waals surface area (Å²) in [5, 5.41) is 5.25. The second-order valence-corrected chi connectivity index (χ2v) is 5.83. The number of hydrogen-bond donors (Lipinski definition) is 2. The molecule has 0 aliphatic rings. The molecule has 2 aromatic rings. The van der Waals surface area contributed by atoms with E-state index in [0.717, 1.165) is 11.1 Å². The smallest absolute Gasteiger partial charge is 0.338 e. The Kier molecular flexibility index (Phi) is 6.49. The monoisotopic (exact) mass is 354 g/mol. The highest BCUT2D eigenvalue weighted by Gasteiger charge is 2.10. The number of esters is 1. The maximum atomic E-state index is 12.1. The fourth-order valence-electron chi connectivity index (χ4n) is 2.25. The average Bonchev–Trinajstić information content (AvgIpc) is 2.62. The van der Waals surface area contributed by atoms with E-state index in [1.165, 1.54) is 0 Å². The van der Waals surface area contributed by atoms with Gasteiger partial charge in [0.15, 0.2) is 0 Å². The third-order valence-corrected chi connectivity index (χ3v) is 3.86. The predicted octanol–water partition coefficient (Wildman–Crippen LogP) is 2.85. The SMILES string of the molecule is CCOC(=O)c1ccc(NC(=O)CNC(=O)c2ccc(C)c(C)c2)cc1. The van der Waals surface area contributed by atoms with Gasteiger partial charge in [0.25, 0.3) is 5.91 Å². The van der Waals surface area contributed by atoms with Gasteiger partial charge in [-0.15, -0.1) is 0 Å². The largest absolute Gasteiger partial charge is 0.462 e. The summed E-state index contributed by atoms with van der Waals surface area (Å²) in [7, 11) is 0. The molecule has 6 heteroatoms. The van der Waals surface area contributed by atoms with Crippen molar-refractivity contribution in [3.8, 4) is 0 Å². The molecule has 0 aromatic heterocycles. The normalized spacial score (nSPS) is 10.1. The van der Waals surface area contributed by atoms with Gasteiger partial charge in [0.2, 0.25) is 5.91 Å². The Balaban J connectivity index is 1.87. The van der Waals surface area contributed by atoms with Crippen LogP contribution in [0, 0.1) is 13.8 Å². The number of ether oxygens (including phenoxy) is 1. The van der Waals surface area contributed by atoms with E-state index in [1.807, 2.05) is 19.9 Å². The number of benzene rings is 2. The van der Waals surface area contributed by atoms with Crippen molar-refractivity contribution in [2.75, 3.05) is 18.5 Å². The van der Waals surface area contributed by atoms with Crippen molar-refractivity contribution in [3.05, 3.63) is 64.7 Å². The number of amides is 2. The summed E-state index contributed by atoms with van der Waals surface area (Å²) in [6.45, 7) is 5.79. The van der Waals surface area contributed by atoms with Crippen LogP contribution in [-0.4, -0.2) is 30.9 Å². The van der Waals surface area contributed by atoms with Crippen LogP contribution in [0.2, 0.25) is 0 Å². The van der Waals surface area contributed by atoms with Gasteiger partial charge in [0.1, 0.15) is 0 Å². The van der Waals surface area contributed by atoms with Crippen LogP contribution in [0.15, 0.2) is 42.5 Å². The zero-order chi connectivity index (χ0) is 19.1. The van der Waals surface area contributed by atoms with E-state index < -0.39 is 5.97 Å².